The number of pyridine rings is 1. The largest absolute Gasteiger partial charge is 0.478 e. The Morgan fingerprint density at radius 3 is 2.28 bits per heavy atom. The number of aromatic carboxylic acids is 1. The fraction of sp³-hybridized carbons (Fsp3) is 0.219. The third-order valence-corrected chi connectivity index (χ3v) is 8.14. The lowest BCUT2D eigenvalue weighted by Crippen LogP contribution is -2.49. The van der Waals surface area contributed by atoms with Crippen molar-refractivity contribution in [1.82, 2.24) is 9.88 Å². The molecule has 242 valence electrons. The molecule has 0 spiro atoms. The van der Waals surface area contributed by atoms with Gasteiger partial charge < -0.3 is 15.2 Å². The van der Waals surface area contributed by atoms with Crippen molar-refractivity contribution in [1.29, 1.82) is 0 Å². The van der Waals surface area contributed by atoms with Crippen molar-refractivity contribution in [3.8, 4) is 11.6 Å². The van der Waals surface area contributed by atoms with Gasteiger partial charge in [-0.15, -0.1) is 12.4 Å². The molecular weight excluding hydrogens is 653 g/mol. The first-order chi connectivity index (χ1) is 21.5. The summed E-state index contributed by atoms with van der Waals surface area (Å²) in [7, 11) is -3.35. The molecule has 1 fully saturated rings. The number of carboxylic acid groups (broad SMARTS) is 1. The minimum absolute atomic E-state index is 0. The van der Waals surface area contributed by atoms with Crippen LogP contribution < -0.4 is 19.7 Å². The average Bonchev–Trinajstić information content (AvgIpc) is 3.01. The fourth-order valence-electron chi connectivity index (χ4n) is 5.12. The number of carboxylic acids is 1. The molecule has 0 atom stereocenters. The lowest BCUT2D eigenvalue weighted by atomic mass is 10.0. The van der Waals surface area contributed by atoms with Crippen LogP contribution in [-0.2, 0) is 16.6 Å². The van der Waals surface area contributed by atoms with Crippen LogP contribution in [0, 0.1) is 0 Å². The summed E-state index contributed by atoms with van der Waals surface area (Å²) in [6.07, 6.45) is 4.33. The highest BCUT2D eigenvalue weighted by Gasteiger charge is 2.29. The van der Waals surface area contributed by atoms with E-state index in [0.29, 0.717) is 29.5 Å². The first kappa shape index (κ1) is 34.5. The first-order valence-electron chi connectivity index (χ1n) is 14.2. The maximum absolute atomic E-state index is 13.6. The van der Waals surface area contributed by atoms with E-state index < -0.39 is 16.0 Å². The van der Waals surface area contributed by atoms with E-state index in [1.807, 2.05) is 36.4 Å². The molecule has 3 aromatic carbocycles. The summed E-state index contributed by atoms with van der Waals surface area (Å²) in [5.41, 5.74) is 2.48. The van der Waals surface area contributed by atoms with Crippen LogP contribution in [0.15, 0.2) is 91.1 Å². The molecule has 46 heavy (non-hydrogen) atoms. The molecule has 1 aliphatic heterocycles. The van der Waals surface area contributed by atoms with E-state index in [0.717, 1.165) is 43.4 Å². The molecule has 1 aromatic heterocycles. The van der Waals surface area contributed by atoms with E-state index >= 15 is 0 Å². The number of carbonyl (C=O) groups is 2. The van der Waals surface area contributed by atoms with Gasteiger partial charge in [-0.05, 0) is 73.0 Å². The number of rotatable bonds is 10. The van der Waals surface area contributed by atoms with Crippen LogP contribution in [0.3, 0.4) is 0 Å². The van der Waals surface area contributed by atoms with Crippen molar-refractivity contribution in [3.05, 3.63) is 107 Å². The predicted molar refractivity (Wildman–Crippen MR) is 181 cm³/mol. The molecule has 2 amide bonds. The molecule has 1 saturated heterocycles. The number of anilines is 3. The number of para-hydroxylation sites is 1. The van der Waals surface area contributed by atoms with Gasteiger partial charge in [-0.25, -0.2) is 23.0 Å². The van der Waals surface area contributed by atoms with E-state index in [-0.39, 0.29) is 35.1 Å². The minimum atomic E-state index is -3.35. The van der Waals surface area contributed by atoms with E-state index in [1.165, 1.54) is 12.1 Å². The molecule has 0 radical (unpaired) electrons. The van der Waals surface area contributed by atoms with Crippen LogP contribution >= 0.6 is 24.0 Å². The fourth-order valence-corrected chi connectivity index (χ4v) is 5.88. The lowest BCUT2D eigenvalue weighted by molar-refractivity contribution is 0.0697. The molecule has 1 aliphatic rings. The molecule has 0 bridgehead atoms. The highest BCUT2D eigenvalue weighted by molar-refractivity contribution is 7.92. The Balaban J connectivity index is 0.00000480. The highest BCUT2D eigenvalue weighted by atomic mass is 35.5. The summed E-state index contributed by atoms with van der Waals surface area (Å²) in [5, 5.41) is 12.4. The highest BCUT2D eigenvalue weighted by Crippen LogP contribution is 2.28. The molecule has 0 saturated carbocycles. The predicted octanol–water partition coefficient (Wildman–Crippen LogP) is 6.72. The van der Waals surface area contributed by atoms with Crippen LogP contribution in [-0.4, -0.2) is 60.8 Å². The third-order valence-electron chi connectivity index (χ3n) is 7.21. The standard InChI is InChI=1S/C32H32ClN5O6S.ClH/c1-45(42,43)36-23-8-11-27(12-9-23)44-30-14-7-22(20-34-30)21-37-17-15-26(16-18-37)38(25-5-3-2-4-6-25)32(41)35-24-10-13-29(33)28(19-24)31(39)40;/h2-14,19-20,26,36H,15-18,21H2,1H3,(H,35,41)(H,39,40);1H. The molecule has 5 rings (SSSR count). The number of halogens is 2. The van der Waals surface area contributed by atoms with Gasteiger partial charge in [0.15, 0.2) is 0 Å². The summed E-state index contributed by atoms with van der Waals surface area (Å²) >= 11 is 6.00. The van der Waals surface area contributed by atoms with Crippen molar-refractivity contribution >= 4 is 63.1 Å². The van der Waals surface area contributed by atoms with Crippen LogP contribution in [0.1, 0.15) is 28.8 Å². The number of nitrogens with zero attached hydrogens (tertiary/aromatic N) is 3. The summed E-state index contributed by atoms with van der Waals surface area (Å²) in [4.78, 5) is 33.5. The molecular formula is C32H33Cl2N5O6S. The van der Waals surface area contributed by atoms with Crippen molar-refractivity contribution in [3.63, 3.8) is 0 Å². The van der Waals surface area contributed by atoms with Crippen molar-refractivity contribution in [2.75, 3.05) is 34.3 Å². The monoisotopic (exact) mass is 685 g/mol. The average molecular weight is 687 g/mol. The molecule has 0 aliphatic carbocycles. The number of carbonyl (C=O) groups excluding carboxylic acids is 1. The van der Waals surface area contributed by atoms with E-state index in [2.05, 4.69) is 19.9 Å². The Hall–Kier alpha value is -4.36. The van der Waals surface area contributed by atoms with Crippen molar-refractivity contribution in [2.24, 2.45) is 0 Å². The van der Waals surface area contributed by atoms with Gasteiger partial charge in [0.25, 0.3) is 0 Å². The van der Waals surface area contributed by atoms with Gasteiger partial charge >= 0.3 is 12.0 Å². The van der Waals surface area contributed by atoms with Crippen LogP contribution in [0.5, 0.6) is 11.6 Å². The number of nitrogens with one attached hydrogen (secondary N) is 2. The quantitative estimate of drug-likeness (QED) is 0.167. The number of ether oxygens (including phenoxy) is 1. The number of sulfonamides is 1. The summed E-state index contributed by atoms with van der Waals surface area (Å²) < 4.78 is 31.0. The zero-order valence-corrected chi connectivity index (χ0v) is 27.2. The Morgan fingerprint density at radius 1 is 1.00 bits per heavy atom. The zero-order valence-electron chi connectivity index (χ0n) is 24.8. The van der Waals surface area contributed by atoms with Gasteiger partial charge in [0, 0.05) is 55.0 Å². The second-order valence-electron chi connectivity index (χ2n) is 10.6. The Morgan fingerprint density at radius 2 is 1.67 bits per heavy atom. The zero-order chi connectivity index (χ0) is 32.0. The Kier molecular flexibility index (Phi) is 11.5. The van der Waals surface area contributed by atoms with Crippen LogP contribution in [0.2, 0.25) is 5.02 Å². The van der Waals surface area contributed by atoms with Crippen LogP contribution in [0.4, 0.5) is 21.9 Å². The normalized spacial score (nSPS) is 13.7. The number of aromatic nitrogens is 1. The summed E-state index contributed by atoms with van der Waals surface area (Å²) in [5.74, 6) is -0.222. The van der Waals surface area contributed by atoms with Crippen LogP contribution in [0.25, 0.3) is 0 Å². The van der Waals surface area contributed by atoms with Gasteiger partial charge in [0.2, 0.25) is 15.9 Å². The lowest BCUT2D eigenvalue weighted by Gasteiger charge is -2.38. The van der Waals surface area contributed by atoms with Crippen molar-refractivity contribution < 1.29 is 27.9 Å². The SMILES string of the molecule is CS(=O)(=O)Nc1ccc(Oc2ccc(CN3CCC(N(C(=O)Nc4ccc(Cl)c(C(=O)O)c4)c4ccccc4)CC3)cn2)cc1.Cl. The Bertz CT molecular complexity index is 1750. The van der Waals surface area contributed by atoms with E-state index in [4.69, 9.17) is 16.3 Å². The topological polar surface area (TPSA) is 141 Å². The van der Waals surface area contributed by atoms with Gasteiger partial charge in [0.05, 0.1) is 16.8 Å². The maximum atomic E-state index is 13.6. The summed E-state index contributed by atoms with van der Waals surface area (Å²) in [6, 6.07) is 23.7. The number of hydrogen-bond donors (Lipinski definition) is 3. The first-order valence-corrected chi connectivity index (χ1v) is 16.4. The van der Waals surface area contributed by atoms with Gasteiger partial charge in [-0.2, -0.15) is 0 Å². The molecule has 3 N–H and O–H groups in total. The Labute approximate surface area is 278 Å². The van der Waals surface area contributed by atoms with Gasteiger partial charge in [-0.1, -0.05) is 35.9 Å². The number of urea groups is 1. The second kappa shape index (κ2) is 15.3. The summed E-state index contributed by atoms with van der Waals surface area (Å²) in [6.45, 7) is 2.21. The van der Waals surface area contributed by atoms with E-state index in [1.54, 1.807) is 47.5 Å². The number of piperidine rings is 1. The smallest absolute Gasteiger partial charge is 0.337 e. The maximum Gasteiger partial charge on any atom is 0.337 e. The number of amides is 2. The number of hydrogen-bond acceptors (Lipinski definition) is 7. The number of likely N-dealkylation sites (tertiary alicyclic amines) is 1. The van der Waals surface area contributed by atoms with Gasteiger partial charge in [0.1, 0.15) is 5.75 Å². The molecule has 11 nitrogen and oxygen atoms in total. The third kappa shape index (κ3) is 9.33. The second-order valence-corrected chi connectivity index (χ2v) is 12.8. The molecule has 14 heteroatoms. The minimum Gasteiger partial charge on any atom is -0.478 e. The van der Waals surface area contributed by atoms with E-state index in [9.17, 15) is 23.1 Å². The van der Waals surface area contributed by atoms with Crippen molar-refractivity contribution in [2.45, 2.75) is 25.4 Å². The number of benzene rings is 3. The van der Waals surface area contributed by atoms with Gasteiger partial charge in [-0.3, -0.25) is 14.5 Å². The molecule has 4 aromatic rings. The molecule has 0 unspecified atom stereocenters. The molecule has 2 heterocycles.